The zero-order valence-corrected chi connectivity index (χ0v) is 11.6. The highest BCUT2D eigenvalue weighted by molar-refractivity contribution is 5.55. The molecule has 0 amide bonds. The first-order valence-corrected chi connectivity index (χ1v) is 6.21. The van der Waals surface area contributed by atoms with E-state index in [-0.39, 0.29) is 17.8 Å². The summed E-state index contributed by atoms with van der Waals surface area (Å²) in [5, 5.41) is 5.76. The van der Waals surface area contributed by atoms with Crippen molar-refractivity contribution < 1.29 is 9.13 Å². The van der Waals surface area contributed by atoms with Crippen molar-refractivity contribution in [3.8, 4) is 6.01 Å². The minimum absolute atomic E-state index is 0.211. The average Bonchev–Trinajstić information content (AvgIpc) is 2.37. The fourth-order valence-electron chi connectivity index (χ4n) is 1.66. The molecule has 6 nitrogen and oxygen atoms in total. The van der Waals surface area contributed by atoms with Gasteiger partial charge in [0.25, 0.3) is 0 Å². The number of ether oxygens (including phenoxy) is 1. The molecule has 0 unspecified atom stereocenters. The molecule has 0 atom stereocenters. The maximum absolute atomic E-state index is 13.3. The molecule has 0 saturated heterocycles. The lowest BCUT2D eigenvalue weighted by atomic mass is 10.2. The quantitative estimate of drug-likeness (QED) is 0.875. The fourth-order valence-corrected chi connectivity index (χ4v) is 1.66. The molecule has 2 rings (SSSR count). The van der Waals surface area contributed by atoms with Crippen LogP contribution >= 0.6 is 0 Å². The lowest BCUT2D eigenvalue weighted by molar-refractivity contribution is 0.312. The van der Waals surface area contributed by atoms with Crippen LogP contribution in [-0.4, -0.2) is 28.6 Å². The molecule has 0 fully saturated rings. The van der Waals surface area contributed by atoms with Gasteiger partial charge in [-0.25, -0.2) is 4.39 Å². The molecule has 0 aliphatic rings. The van der Waals surface area contributed by atoms with Gasteiger partial charge in [-0.15, -0.1) is 0 Å². The van der Waals surface area contributed by atoms with E-state index in [1.165, 1.54) is 12.1 Å². The Hall–Kier alpha value is -2.44. The summed E-state index contributed by atoms with van der Waals surface area (Å²) in [5.41, 5.74) is 1.37. The summed E-state index contributed by atoms with van der Waals surface area (Å²) >= 11 is 0. The third-order valence-corrected chi connectivity index (χ3v) is 2.41. The molecule has 0 bridgehead atoms. The summed E-state index contributed by atoms with van der Waals surface area (Å²) in [6.45, 7) is 4.10. The van der Waals surface area contributed by atoms with E-state index in [2.05, 4.69) is 25.6 Å². The molecule has 0 aliphatic heterocycles. The van der Waals surface area contributed by atoms with E-state index in [1.807, 2.05) is 13.8 Å². The molecular formula is C13H16FN5O. The van der Waals surface area contributed by atoms with Crippen LogP contribution in [0.15, 0.2) is 18.2 Å². The molecule has 1 heterocycles. The Bertz CT molecular complexity index is 585. The lowest BCUT2D eigenvalue weighted by Crippen LogP contribution is -2.07. The SMILES string of the molecule is CCOc1nc(NC)nc(Nc2cc(C)cc(F)c2)n1. The Balaban J connectivity index is 2.29. The highest BCUT2D eigenvalue weighted by Gasteiger charge is 2.07. The number of aromatic nitrogens is 3. The van der Waals surface area contributed by atoms with Crippen molar-refractivity contribution >= 4 is 17.6 Å². The van der Waals surface area contributed by atoms with Gasteiger partial charge in [-0.05, 0) is 37.6 Å². The Morgan fingerprint density at radius 1 is 1.15 bits per heavy atom. The van der Waals surface area contributed by atoms with Crippen molar-refractivity contribution in [3.63, 3.8) is 0 Å². The number of anilines is 3. The fraction of sp³-hybridized carbons (Fsp3) is 0.308. The molecule has 106 valence electrons. The number of rotatable bonds is 5. The van der Waals surface area contributed by atoms with E-state index in [4.69, 9.17) is 4.74 Å². The Morgan fingerprint density at radius 2 is 1.90 bits per heavy atom. The summed E-state index contributed by atoms with van der Waals surface area (Å²) in [6, 6.07) is 4.83. The van der Waals surface area contributed by atoms with Crippen molar-refractivity contribution in [2.24, 2.45) is 0 Å². The van der Waals surface area contributed by atoms with Crippen LogP contribution in [0.3, 0.4) is 0 Å². The molecular weight excluding hydrogens is 261 g/mol. The number of benzene rings is 1. The monoisotopic (exact) mass is 277 g/mol. The normalized spacial score (nSPS) is 10.2. The average molecular weight is 277 g/mol. The Labute approximate surface area is 116 Å². The van der Waals surface area contributed by atoms with Gasteiger partial charge in [0.15, 0.2) is 0 Å². The van der Waals surface area contributed by atoms with Gasteiger partial charge in [0.2, 0.25) is 11.9 Å². The zero-order chi connectivity index (χ0) is 14.5. The van der Waals surface area contributed by atoms with Crippen LogP contribution in [0, 0.1) is 12.7 Å². The lowest BCUT2D eigenvalue weighted by Gasteiger charge is -2.09. The molecule has 7 heteroatoms. The van der Waals surface area contributed by atoms with E-state index >= 15 is 0 Å². The Morgan fingerprint density at radius 3 is 2.55 bits per heavy atom. The summed E-state index contributed by atoms with van der Waals surface area (Å²) in [4.78, 5) is 12.3. The molecule has 0 spiro atoms. The predicted octanol–water partition coefficient (Wildman–Crippen LogP) is 2.50. The maximum atomic E-state index is 13.3. The minimum atomic E-state index is -0.319. The van der Waals surface area contributed by atoms with Crippen molar-refractivity contribution in [1.82, 2.24) is 15.0 Å². The highest BCUT2D eigenvalue weighted by Crippen LogP contribution is 2.19. The van der Waals surface area contributed by atoms with Gasteiger partial charge in [0.05, 0.1) is 6.61 Å². The number of aryl methyl sites for hydroxylation is 1. The van der Waals surface area contributed by atoms with E-state index in [9.17, 15) is 4.39 Å². The van der Waals surface area contributed by atoms with Crippen molar-refractivity contribution in [3.05, 3.63) is 29.6 Å². The second kappa shape index (κ2) is 6.14. The molecule has 2 N–H and O–H groups in total. The molecule has 1 aromatic carbocycles. The molecule has 0 radical (unpaired) electrons. The number of hydrogen-bond acceptors (Lipinski definition) is 6. The molecule has 0 aliphatic carbocycles. The van der Waals surface area contributed by atoms with Crippen LogP contribution in [0.5, 0.6) is 6.01 Å². The molecule has 1 aromatic heterocycles. The van der Waals surface area contributed by atoms with Crippen LogP contribution in [-0.2, 0) is 0 Å². The third-order valence-electron chi connectivity index (χ3n) is 2.41. The van der Waals surface area contributed by atoms with E-state index in [0.717, 1.165) is 5.56 Å². The number of halogens is 1. The summed E-state index contributed by atoms with van der Waals surface area (Å²) < 4.78 is 18.6. The highest BCUT2D eigenvalue weighted by atomic mass is 19.1. The van der Waals surface area contributed by atoms with Gasteiger partial charge in [-0.3, -0.25) is 0 Å². The topological polar surface area (TPSA) is 72.0 Å². The maximum Gasteiger partial charge on any atom is 0.323 e. The first-order chi connectivity index (χ1) is 9.60. The van der Waals surface area contributed by atoms with E-state index in [0.29, 0.717) is 18.2 Å². The van der Waals surface area contributed by atoms with Gasteiger partial charge in [-0.2, -0.15) is 15.0 Å². The summed E-state index contributed by atoms with van der Waals surface area (Å²) in [7, 11) is 1.70. The van der Waals surface area contributed by atoms with Crippen LogP contribution in [0.4, 0.5) is 22.0 Å². The van der Waals surface area contributed by atoms with Gasteiger partial charge in [-0.1, -0.05) is 0 Å². The van der Waals surface area contributed by atoms with Crippen LogP contribution in [0.2, 0.25) is 0 Å². The van der Waals surface area contributed by atoms with E-state index < -0.39 is 0 Å². The second-order valence-corrected chi connectivity index (χ2v) is 4.09. The smallest absolute Gasteiger partial charge is 0.323 e. The minimum Gasteiger partial charge on any atom is -0.464 e. The van der Waals surface area contributed by atoms with Crippen molar-refractivity contribution in [2.45, 2.75) is 13.8 Å². The zero-order valence-electron chi connectivity index (χ0n) is 11.6. The van der Waals surface area contributed by atoms with Crippen LogP contribution in [0.1, 0.15) is 12.5 Å². The number of nitrogens with zero attached hydrogens (tertiary/aromatic N) is 3. The Kier molecular flexibility index (Phi) is 4.29. The summed E-state index contributed by atoms with van der Waals surface area (Å²) in [6.07, 6.45) is 0. The molecule has 0 saturated carbocycles. The van der Waals surface area contributed by atoms with Crippen molar-refractivity contribution in [1.29, 1.82) is 0 Å². The van der Waals surface area contributed by atoms with Crippen LogP contribution < -0.4 is 15.4 Å². The van der Waals surface area contributed by atoms with Gasteiger partial charge in [0.1, 0.15) is 5.82 Å². The standard InChI is InChI=1S/C13H16FN5O/c1-4-20-13-18-11(15-3)17-12(19-13)16-10-6-8(2)5-9(14)7-10/h5-7H,4H2,1-3H3,(H2,15,16,17,18,19). The molecule has 20 heavy (non-hydrogen) atoms. The second-order valence-electron chi connectivity index (χ2n) is 4.09. The summed E-state index contributed by atoms with van der Waals surface area (Å²) in [5.74, 6) is 0.345. The van der Waals surface area contributed by atoms with Crippen LogP contribution in [0.25, 0.3) is 0 Å². The van der Waals surface area contributed by atoms with Crippen molar-refractivity contribution in [2.75, 3.05) is 24.3 Å². The van der Waals surface area contributed by atoms with Gasteiger partial charge < -0.3 is 15.4 Å². The predicted molar refractivity (Wildman–Crippen MR) is 75.0 cm³/mol. The number of nitrogens with one attached hydrogen (secondary N) is 2. The van der Waals surface area contributed by atoms with E-state index in [1.54, 1.807) is 13.1 Å². The first kappa shape index (κ1) is 14.0. The third kappa shape index (κ3) is 3.53. The molecule has 2 aromatic rings. The number of hydrogen-bond donors (Lipinski definition) is 2. The van der Waals surface area contributed by atoms with Gasteiger partial charge >= 0.3 is 6.01 Å². The largest absolute Gasteiger partial charge is 0.464 e. The van der Waals surface area contributed by atoms with Gasteiger partial charge in [0, 0.05) is 12.7 Å². The first-order valence-electron chi connectivity index (χ1n) is 6.21.